The number of rotatable bonds is 6. The molecule has 144 valence electrons. The van der Waals surface area contributed by atoms with Crippen molar-refractivity contribution < 1.29 is 9.72 Å². The molecule has 1 aliphatic rings. The molecule has 8 heteroatoms. The second-order valence-corrected chi connectivity index (χ2v) is 7.00. The van der Waals surface area contributed by atoms with Crippen molar-refractivity contribution in [1.82, 2.24) is 20.4 Å². The van der Waals surface area contributed by atoms with E-state index in [0.717, 1.165) is 25.2 Å². The molecular formula is C19H25N5O3. The molecule has 1 fully saturated rings. The zero-order valence-electron chi connectivity index (χ0n) is 15.5. The van der Waals surface area contributed by atoms with Gasteiger partial charge < -0.3 is 5.32 Å². The van der Waals surface area contributed by atoms with Gasteiger partial charge in [-0.2, -0.15) is 5.10 Å². The fourth-order valence-corrected chi connectivity index (χ4v) is 3.46. The minimum Gasteiger partial charge on any atom is -0.346 e. The quantitative estimate of drug-likeness (QED) is 0.600. The summed E-state index contributed by atoms with van der Waals surface area (Å²) in [5.41, 5.74) is 1.99. The SMILES string of the molecule is Cc1[nH]nc(C(=O)NCc2cccc(CN3CCCCCC3)c2)c1[N+](=O)[O-]. The van der Waals surface area contributed by atoms with Crippen LogP contribution in [0.1, 0.15) is 53.0 Å². The van der Waals surface area contributed by atoms with Crippen LogP contribution in [0.2, 0.25) is 0 Å². The number of hydrogen-bond donors (Lipinski definition) is 2. The molecule has 1 aromatic heterocycles. The van der Waals surface area contributed by atoms with Crippen molar-refractivity contribution in [2.45, 2.75) is 45.7 Å². The third-order valence-electron chi connectivity index (χ3n) is 4.86. The van der Waals surface area contributed by atoms with Crippen molar-refractivity contribution in [3.8, 4) is 0 Å². The molecule has 27 heavy (non-hydrogen) atoms. The molecule has 2 aromatic rings. The third-order valence-corrected chi connectivity index (χ3v) is 4.86. The summed E-state index contributed by atoms with van der Waals surface area (Å²) in [5.74, 6) is -0.552. The number of aromatic amines is 1. The van der Waals surface area contributed by atoms with E-state index in [-0.39, 0.29) is 17.1 Å². The predicted octanol–water partition coefficient (Wildman–Crippen LogP) is 2.93. The van der Waals surface area contributed by atoms with Crippen LogP contribution in [0.5, 0.6) is 0 Å². The Morgan fingerprint density at radius 3 is 2.67 bits per heavy atom. The summed E-state index contributed by atoms with van der Waals surface area (Å²) in [7, 11) is 0. The summed E-state index contributed by atoms with van der Waals surface area (Å²) in [5, 5.41) is 20.1. The van der Waals surface area contributed by atoms with Crippen LogP contribution in [0.15, 0.2) is 24.3 Å². The zero-order valence-corrected chi connectivity index (χ0v) is 15.5. The van der Waals surface area contributed by atoms with Crippen LogP contribution in [0.25, 0.3) is 0 Å². The topological polar surface area (TPSA) is 104 Å². The van der Waals surface area contributed by atoms with Gasteiger partial charge in [0.15, 0.2) is 0 Å². The minimum atomic E-state index is -0.588. The molecule has 2 N–H and O–H groups in total. The van der Waals surface area contributed by atoms with Crippen LogP contribution in [-0.2, 0) is 13.1 Å². The molecule has 0 aliphatic carbocycles. The number of benzene rings is 1. The highest BCUT2D eigenvalue weighted by Gasteiger charge is 2.26. The number of likely N-dealkylation sites (tertiary alicyclic amines) is 1. The minimum absolute atomic E-state index is 0.182. The van der Waals surface area contributed by atoms with Crippen molar-refractivity contribution in [3.05, 3.63) is 56.9 Å². The molecule has 1 saturated heterocycles. The fourth-order valence-electron chi connectivity index (χ4n) is 3.46. The van der Waals surface area contributed by atoms with Gasteiger partial charge in [-0.05, 0) is 44.0 Å². The lowest BCUT2D eigenvalue weighted by atomic mass is 10.1. The summed E-state index contributed by atoms with van der Waals surface area (Å²) in [6.45, 7) is 4.99. The Balaban J connectivity index is 1.61. The summed E-state index contributed by atoms with van der Waals surface area (Å²) in [4.78, 5) is 25.3. The van der Waals surface area contributed by atoms with Gasteiger partial charge in [0.1, 0.15) is 5.69 Å². The Kier molecular flexibility index (Phi) is 6.18. The number of nitro groups is 1. The zero-order chi connectivity index (χ0) is 19.2. The lowest BCUT2D eigenvalue weighted by Gasteiger charge is -2.20. The van der Waals surface area contributed by atoms with Gasteiger partial charge >= 0.3 is 5.69 Å². The number of carbonyl (C=O) groups is 1. The molecule has 2 heterocycles. The van der Waals surface area contributed by atoms with Crippen molar-refractivity contribution >= 4 is 11.6 Å². The highest BCUT2D eigenvalue weighted by atomic mass is 16.6. The van der Waals surface area contributed by atoms with E-state index in [2.05, 4.69) is 32.5 Å². The number of nitrogens with zero attached hydrogens (tertiary/aromatic N) is 3. The average Bonchev–Trinajstić information content (AvgIpc) is 2.86. The van der Waals surface area contributed by atoms with E-state index in [9.17, 15) is 14.9 Å². The molecule has 1 aromatic carbocycles. The molecule has 1 aliphatic heterocycles. The van der Waals surface area contributed by atoms with Crippen molar-refractivity contribution in [1.29, 1.82) is 0 Å². The maximum absolute atomic E-state index is 12.3. The first-order valence-corrected chi connectivity index (χ1v) is 9.32. The van der Waals surface area contributed by atoms with Crippen molar-refractivity contribution in [2.24, 2.45) is 0 Å². The normalized spacial score (nSPS) is 15.3. The fraction of sp³-hybridized carbons (Fsp3) is 0.474. The number of carbonyl (C=O) groups excluding carboxylic acids is 1. The van der Waals surface area contributed by atoms with Crippen LogP contribution in [0.3, 0.4) is 0 Å². The van der Waals surface area contributed by atoms with Crippen LogP contribution < -0.4 is 5.32 Å². The highest BCUT2D eigenvalue weighted by Crippen LogP contribution is 2.20. The molecule has 0 saturated carbocycles. The Morgan fingerprint density at radius 1 is 1.26 bits per heavy atom. The predicted molar refractivity (Wildman–Crippen MR) is 101 cm³/mol. The Labute approximate surface area is 158 Å². The van der Waals surface area contributed by atoms with Crippen LogP contribution >= 0.6 is 0 Å². The molecular weight excluding hydrogens is 346 g/mol. The number of aryl methyl sites for hydroxylation is 1. The van der Waals surface area contributed by atoms with Gasteiger partial charge in [-0.25, -0.2) is 0 Å². The molecule has 0 radical (unpaired) electrons. The molecule has 3 rings (SSSR count). The maximum atomic E-state index is 12.3. The third kappa shape index (κ3) is 4.91. The van der Waals surface area contributed by atoms with E-state index in [0.29, 0.717) is 6.54 Å². The van der Waals surface area contributed by atoms with Gasteiger partial charge in [0.2, 0.25) is 5.69 Å². The first kappa shape index (κ1) is 19.0. The Morgan fingerprint density at radius 2 is 1.96 bits per heavy atom. The average molecular weight is 371 g/mol. The largest absolute Gasteiger partial charge is 0.346 e. The van der Waals surface area contributed by atoms with E-state index in [1.807, 2.05) is 12.1 Å². The van der Waals surface area contributed by atoms with Gasteiger partial charge in [0, 0.05) is 13.1 Å². The number of amides is 1. The van der Waals surface area contributed by atoms with Crippen LogP contribution in [0.4, 0.5) is 5.69 Å². The highest BCUT2D eigenvalue weighted by molar-refractivity contribution is 5.96. The molecule has 1 amide bonds. The number of aromatic nitrogens is 2. The van der Waals surface area contributed by atoms with Crippen molar-refractivity contribution in [3.63, 3.8) is 0 Å². The Bertz CT molecular complexity index is 809. The monoisotopic (exact) mass is 371 g/mol. The van der Waals surface area contributed by atoms with Gasteiger partial charge in [-0.1, -0.05) is 37.1 Å². The van der Waals surface area contributed by atoms with E-state index >= 15 is 0 Å². The van der Waals surface area contributed by atoms with E-state index < -0.39 is 10.8 Å². The lowest BCUT2D eigenvalue weighted by Crippen LogP contribution is -2.25. The van der Waals surface area contributed by atoms with Gasteiger partial charge in [0.05, 0.1) is 4.92 Å². The number of nitrogens with one attached hydrogen (secondary N) is 2. The van der Waals surface area contributed by atoms with E-state index in [4.69, 9.17) is 0 Å². The molecule has 0 bridgehead atoms. The number of H-pyrrole nitrogens is 1. The van der Waals surface area contributed by atoms with Crippen LogP contribution in [0, 0.1) is 17.0 Å². The smallest absolute Gasteiger partial charge is 0.322 e. The standard InChI is InChI=1S/C19H25N5O3/c1-14-18(24(26)27)17(22-21-14)19(25)20-12-15-7-6-8-16(11-15)13-23-9-4-2-3-5-10-23/h6-8,11H,2-5,9-10,12-13H2,1H3,(H,20,25)(H,21,22). The molecule has 0 atom stereocenters. The van der Waals surface area contributed by atoms with Gasteiger partial charge in [-0.15, -0.1) is 0 Å². The summed E-state index contributed by atoms with van der Waals surface area (Å²) < 4.78 is 0. The van der Waals surface area contributed by atoms with Crippen molar-refractivity contribution in [2.75, 3.05) is 13.1 Å². The first-order valence-electron chi connectivity index (χ1n) is 9.32. The number of hydrogen-bond acceptors (Lipinski definition) is 5. The molecule has 0 spiro atoms. The van der Waals surface area contributed by atoms with Crippen LogP contribution in [-0.4, -0.2) is 39.0 Å². The maximum Gasteiger partial charge on any atom is 0.322 e. The first-order chi connectivity index (χ1) is 13.0. The Hall–Kier alpha value is -2.74. The molecule has 8 nitrogen and oxygen atoms in total. The summed E-state index contributed by atoms with van der Waals surface area (Å²) >= 11 is 0. The lowest BCUT2D eigenvalue weighted by molar-refractivity contribution is -0.385. The van der Waals surface area contributed by atoms with Gasteiger partial charge in [-0.3, -0.25) is 24.9 Å². The second-order valence-electron chi connectivity index (χ2n) is 7.00. The summed E-state index contributed by atoms with van der Waals surface area (Å²) in [6, 6.07) is 8.10. The molecule has 0 unspecified atom stereocenters. The van der Waals surface area contributed by atoms with E-state index in [1.165, 1.54) is 38.2 Å². The van der Waals surface area contributed by atoms with Gasteiger partial charge in [0.25, 0.3) is 5.91 Å². The second kappa shape index (κ2) is 8.77. The summed E-state index contributed by atoms with van der Waals surface area (Å²) in [6.07, 6.45) is 5.11. The van der Waals surface area contributed by atoms with E-state index in [1.54, 1.807) is 0 Å².